The van der Waals surface area contributed by atoms with E-state index in [2.05, 4.69) is 20.9 Å². The topological polar surface area (TPSA) is 33.1 Å². The van der Waals surface area contributed by atoms with Crippen LogP contribution in [0.2, 0.25) is 0 Å². The van der Waals surface area contributed by atoms with Crippen molar-refractivity contribution in [2.45, 2.75) is 0 Å². The average Bonchev–Trinajstić information content (AvgIpc) is 2.45. The molecule has 11 heavy (non-hydrogen) atoms. The van der Waals surface area contributed by atoms with Crippen molar-refractivity contribution >= 4 is 37.5 Å². The minimum atomic E-state index is 0.226. The summed E-state index contributed by atoms with van der Waals surface area (Å²) in [7, 11) is 0. The van der Waals surface area contributed by atoms with Gasteiger partial charge in [-0.15, -0.1) is 11.3 Å². The molecule has 0 bridgehead atoms. The number of thiazole rings is 1. The van der Waals surface area contributed by atoms with Gasteiger partial charge in [0.1, 0.15) is 5.52 Å². The molecule has 2 aromatic rings. The first-order valence-electron chi connectivity index (χ1n) is 2.99. The van der Waals surface area contributed by atoms with Crippen molar-refractivity contribution in [2.24, 2.45) is 0 Å². The summed E-state index contributed by atoms with van der Waals surface area (Å²) in [5.41, 5.74) is 2.39. The number of halogens is 1. The molecule has 2 rings (SSSR count). The second-order valence-electron chi connectivity index (χ2n) is 2.10. The average molecular weight is 230 g/mol. The van der Waals surface area contributed by atoms with Crippen molar-refractivity contribution in [2.75, 3.05) is 0 Å². The molecule has 0 fully saturated rings. The molecule has 0 saturated carbocycles. The lowest BCUT2D eigenvalue weighted by molar-refractivity contribution is 0.477. The normalized spacial score (nSPS) is 10.6. The van der Waals surface area contributed by atoms with Crippen LogP contribution in [0.15, 0.2) is 22.1 Å². The third-order valence-electron chi connectivity index (χ3n) is 1.43. The summed E-state index contributed by atoms with van der Waals surface area (Å²) in [6, 6.07) is 3.74. The van der Waals surface area contributed by atoms with Crippen molar-refractivity contribution in [1.29, 1.82) is 0 Å². The lowest BCUT2D eigenvalue weighted by Crippen LogP contribution is -1.71. The van der Waals surface area contributed by atoms with Crippen molar-refractivity contribution in [1.82, 2.24) is 4.98 Å². The van der Waals surface area contributed by atoms with Gasteiger partial charge in [-0.1, -0.05) is 0 Å². The first-order chi connectivity index (χ1) is 5.29. The van der Waals surface area contributed by atoms with Crippen LogP contribution in [0.25, 0.3) is 10.2 Å². The van der Waals surface area contributed by atoms with Crippen LogP contribution in [0, 0.1) is 0 Å². The first kappa shape index (κ1) is 7.06. The van der Waals surface area contributed by atoms with E-state index in [0.717, 1.165) is 4.70 Å². The highest BCUT2D eigenvalue weighted by molar-refractivity contribution is 9.10. The molecule has 56 valence electrons. The summed E-state index contributed by atoms with van der Waals surface area (Å²) in [6.07, 6.45) is 0. The van der Waals surface area contributed by atoms with Crippen molar-refractivity contribution in [3.05, 3.63) is 22.1 Å². The zero-order chi connectivity index (χ0) is 7.84. The van der Waals surface area contributed by atoms with E-state index in [1.54, 1.807) is 5.51 Å². The molecule has 0 aliphatic rings. The fourth-order valence-corrected chi connectivity index (χ4v) is 1.89. The fraction of sp³-hybridized carbons (Fsp3) is 0. The van der Waals surface area contributed by atoms with E-state index < -0.39 is 0 Å². The van der Waals surface area contributed by atoms with Crippen LogP contribution in [0.4, 0.5) is 0 Å². The number of fused-ring (bicyclic) bond motifs is 1. The number of benzene rings is 1. The van der Waals surface area contributed by atoms with E-state index in [1.165, 1.54) is 11.3 Å². The number of hydrogen-bond acceptors (Lipinski definition) is 3. The Morgan fingerprint density at radius 1 is 1.45 bits per heavy atom. The molecule has 1 N–H and O–H groups in total. The SMILES string of the molecule is Oc1c(Br)ccc2scnc12. The van der Waals surface area contributed by atoms with Gasteiger partial charge < -0.3 is 5.11 Å². The summed E-state index contributed by atoms with van der Waals surface area (Å²) in [4.78, 5) is 4.02. The second kappa shape index (κ2) is 2.46. The minimum absolute atomic E-state index is 0.226. The molecule has 2 nitrogen and oxygen atoms in total. The van der Waals surface area contributed by atoms with E-state index >= 15 is 0 Å². The molecular formula is C7H4BrNOS. The van der Waals surface area contributed by atoms with Crippen LogP contribution in [0.3, 0.4) is 0 Å². The maximum atomic E-state index is 9.44. The fourth-order valence-electron chi connectivity index (χ4n) is 0.892. The Labute approximate surface area is 75.6 Å². The van der Waals surface area contributed by atoms with Gasteiger partial charge in [-0.05, 0) is 28.1 Å². The zero-order valence-corrected chi connectivity index (χ0v) is 7.82. The van der Waals surface area contributed by atoms with Crippen LogP contribution in [-0.4, -0.2) is 10.1 Å². The lowest BCUT2D eigenvalue weighted by atomic mass is 10.3. The molecule has 0 aliphatic heterocycles. The van der Waals surface area contributed by atoms with E-state index in [1.807, 2.05) is 12.1 Å². The van der Waals surface area contributed by atoms with E-state index in [4.69, 9.17) is 0 Å². The Hall–Kier alpha value is -0.610. The van der Waals surface area contributed by atoms with Crippen LogP contribution in [-0.2, 0) is 0 Å². The number of nitrogens with zero attached hydrogens (tertiary/aromatic N) is 1. The quantitative estimate of drug-likeness (QED) is 0.754. The number of phenols is 1. The molecule has 0 spiro atoms. The summed E-state index contributed by atoms with van der Waals surface area (Å²) in [5, 5.41) is 9.44. The minimum Gasteiger partial charge on any atom is -0.505 e. The number of aromatic nitrogens is 1. The highest BCUT2D eigenvalue weighted by Gasteiger charge is 2.04. The smallest absolute Gasteiger partial charge is 0.156 e. The van der Waals surface area contributed by atoms with Crippen molar-refractivity contribution < 1.29 is 5.11 Å². The van der Waals surface area contributed by atoms with Gasteiger partial charge in [0.15, 0.2) is 5.75 Å². The Morgan fingerprint density at radius 2 is 2.27 bits per heavy atom. The van der Waals surface area contributed by atoms with Crippen LogP contribution >= 0.6 is 27.3 Å². The maximum absolute atomic E-state index is 9.44. The van der Waals surface area contributed by atoms with Crippen LogP contribution in [0.5, 0.6) is 5.75 Å². The Balaban J connectivity index is 2.93. The predicted octanol–water partition coefficient (Wildman–Crippen LogP) is 2.76. The van der Waals surface area contributed by atoms with E-state index in [9.17, 15) is 5.11 Å². The first-order valence-corrected chi connectivity index (χ1v) is 4.67. The second-order valence-corrected chi connectivity index (χ2v) is 3.84. The third-order valence-corrected chi connectivity index (χ3v) is 2.86. The van der Waals surface area contributed by atoms with Gasteiger partial charge in [-0.25, -0.2) is 4.98 Å². The zero-order valence-electron chi connectivity index (χ0n) is 5.41. The van der Waals surface area contributed by atoms with Crippen LogP contribution < -0.4 is 0 Å². The largest absolute Gasteiger partial charge is 0.505 e. The molecular weight excluding hydrogens is 226 g/mol. The standard InChI is InChI=1S/C7H4BrNOS/c8-4-1-2-5-6(7(4)10)9-3-11-5/h1-3,10H. The third kappa shape index (κ3) is 1.02. The number of rotatable bonds is 0. The van der Waals surface area contributed by atoms with E-state index in [0.29, 0.717) is 9.99 Å². The molecule has 0 radical (unpaired) electrons. The van der Waals surface area contributed by atoms with Gasteiger partial charge in [-0.3, -0.25) is 0 Å². The summed E-state index contributed by atoms with van der Waals surface area (Å²) in [6.45, 7) is 0. The number of aromatic hydroxyl groups is 1. The van der Waals surface area contributed by atoms with Gasteiger partial charge in [0, 0.05) is 0 Å². The number of phenolic OH excluding ortho intramolecular Hbond substituents is 1. The highest BCUT2D eigenvalue weighted by atomic mass is 79.9. The molecule has 1 heterocycles. The van der Waals surface area contributed by atoms with Crippen molar-refractivity contribution in [3.8, 4) is 5.75 Å². The molecule has 4 heteroatoms. The molecule has 0 saturated heterocycles. The summed E-state index contributed by atoms with van der Waals surface area (Å²) < 4.78 is 1.70. The molecule has 0 amide bonds. The van der Waals surface area contributed by atoms with Gasteiger partial charge in [-0.2, -0.15) is 0 Å². The Bertz CT molecular complexity index is 398. The molecule has 0 unspecified atom stereocenters. The Morgan fingerprint density at radius 3 is 3.09 bits per heavy atom. The predicted molar refractivity (Wildman–Crippen MR) is 49.0 cm³/mol. The van der Waals surface area contributed by atoms with Gasteiger partial charge in [0.25, 0.3) is 0 Å². The van der Waals surface area contributed by atoms with E-state index in [-0.39, 0.29) is 5.75 Å². The summed E-state index contributed by atoms with van der Waals surface area (Å²) >= 11 is 4.73. The molecule has 1 aromatic carbocycles. The Kier molecular flexibility index (Phi) is 1.58. The highest BCUT2D eigenvalue weighted by Crippen LogP contribution is 2.32. The molecule has 0 atom stereocenters. The molecule has 1 aromatic heterocycles. The summed E-state index contributed by atoms with van der Waals surface area (Å²) in [5.74, 6) is 0.226. The molecule has 0 aliphatic carbocycles. The van der Waals surface area contributed by atoms with Gasteiger partial charge >= 0.3 is 0 Å². The lowest BCUT2D eigenvalue weighted by Gasteiger charge is -1.94. The van der Waals surface area contributed by atoms with Crippen molar-refractivity contribution in [3.63, 3.8) is 0 Å². The maximum Gasteiger partial charge on any atom is 0.156 e. The monoisotopic (exact) mass is 229 g/mol. The van der Waals surface area contributed by atoms with Gasteiger partial charge in [0.2, 0.25) is 0 Å². The van der Waals surface area contributed by atoms with Gasteiger partial charge in [0.05, 0.1) is 14.7 Å². The van der Waals surface area contributed by atoms with Crippen LogP contribution in [0.1, 0.15) is 0 Å². The number of hydrogen-bond donors (Lipinski definition) is 1.